The van der Waals surface area contributed by atoms with Gasteiger partial charge in [-0.15, -0.1) is 0 Å². The van der Waals surface area contributed by atoms with Gasteiger partial charge in [0.1, 0.15) is 18.1 Å². The zero-order valence-corrected chi connectivity index (χ0v) is 32.3. The normalized spacial score (nSPS) is 21.8. The number of rotatable bonds is 12. The number of allylic oxidation sites excluding steroid dienone is 1. The molecule has 3 heterocycles. The van der Waals surface area contributed by atoms with E-state index in [1.54, 1.807) is 24.3 Å². The summed E-state index contributed by atoms with van der Waals surface area (Å²) in [6, 6.07) is 30.9. The Balaban J connectivity index is 1.26. The Morgan fingerprint density at radius 1 is 0.926 bits per heavy atom. The Kier molecular flexibility index (Phi) is 10.8. The number of fused-ring (bicyclic) bond motifs is 3. The van der Waals surface area contributed by atoms with E-state index in [-0.39, 0.29) is 40.9 Å². The SMILES string of the molecule is C/C(=C\c1ccc(CO)o1)CC[C@H]1OC[C@H]2C1=C(CO[Si](c1ccccc1)(c1ccccc1)C(C)(C)C)C[C@H]1C(=O)N(c3cccc(B(O)O)c3)C(=O)[C@H]12. The van der Waals surface area contributed by atoms with Crippen molar-refractivity contribution < 1.29 is 38.3 Å². The average molecular weight is 746 g/mol. The molecule has 4 aromatic rings. The highest BCUT2D eigenvalue weighted by atomic mass is 28.4. The van der Waals surface area contributed by atoms with E-state index in [1.165, 1.54) is 11.0 Å². The lowest BCUT2D eigenvalue weighted by Gasteiger charge is -2.44. The molecule has 3 N–H and O–H groups in total. The first-order valence-electron chi connectivity index (χ1n) is 18.7. The molecule has 0 bridgehead atoms. The molecule has 7 rings (SSSR count). The first-order valence-corrected chi connectivity index (χ1v) is 20.6. The second-order valence-corrected chi connectivity index (χ2v) is 20.1. The quantitative estimate of drug-likeness (QED) is 0.108. The number of aliphatic hydroxyl groups excluding tert-OH is 1. The van der Waals surface area contributed by atoms with Crippen molar-refractivity contribution in [3.05, 3.63) is 125 Å². The molecule has 0 spiro atoms. The summed E-state index contributed by atoms with van der Waals surface area (Å²) >= 11 is 0. The Bertz CT molecular complexity index is 2010. The van der Waals surface area contributed by atoms with Crippen LogP contribution in [0.3, 0.4) is 0 Å². The van der Waals surface area contributed by atoms with Crippen molar-refractivity contribution in [3.63, 3.8) is 0 Å². The van der Waals surface area contributed by atoms with Crippen molar-refractivity contribution in [2.75, 3.05) is 18.1 Å². The molecular formula is C43H48BNO8Si. The lowest BCUT2D eigenvalue weighted by molar-refractivity contribution is -0.122. The molecule has 3 aromatic carbocycles. The molecule has 0 unspecified atom stereocenters. The number of hydrogen-bond donors (Lipinski definition) is 3. The van der Waals surface area contributed by atoms with Crippen molar-refractivity contribution in [3.8, 4) is 0 Å². The molecule has 0 radical (unpaired) electrons. The molecule has 2 fully saturated rings. The predicted octanol–water partition coefficient (Wildman–Crippen LogP) is 4.73. The smallest absolute Gasteiger partial charge is 0.459 e. The number of hydrogen-bond acceptors (Lipinski definition) is 8. The van der Waals surface area contributed by atoms with Crippen LogP contribution in [-0.2, 0) is 25.4 Å². The summed E-state index contributed by atoms with van der Waals surface area (Å²) < 4.78 is 19.7. The van der Waals surface area contributed by atoms with Gasteiger partial charge in [-0.2, -0.15) is 0 Å². The van der Waals surface area contributed by atoms with Gasteiger partial charge in [-0.3, -0.25) is 14.5 Å². The van der Waals surface area contributed by atoms with Crippen LogP contribution in [0, 0.1) is 17.8 Å². The summed E-state index contributed by atoms with van der Waals surface area (Å²) in [6.07, 6.45) is 3.44. The number of ether oxygens (including phenoxy) is 1. The van der Waals surface area contributed by atoms with Crippen molar-refractivity contribution >= 4 is 54.8 Å². The first kappa shape index (κ1) is 37.9. The van der Waals surface area contributed by atoms with Crippen LogP contribution >= 0.6 is 0 Å². The zero-order chi connectivity index (χ0) is 38.2. The van der Waals surface area contributed by atoms with Crippen molar-refractivity contribution in [2.45, 2.75) is 64.7 Å². The topological polar surface area (TPSA) is 130 Å². The van der Waals surface area contributed by atoms with Crippen LogP contribution in [-0.4, -0.2) is 61.7 Å². The van der Waals surface area contributed by atoms with Crippen LogP contribution in [0.15, 0.2) is 118 Å². The lowest BCUT2D eigenvalue weighted by Crippen LogP contribution is -2.66. The second-order valence-electron chi connectivity index (χ2n) is 15.7. The maximum atomic E-state index is 14.3. The van der Waals surface area contributed by atoms with Crippen LogP contribution in [0.1, 0.15) is 58.5 Å². The molecule has 1 aliphatic carbocycles. The van der Waals surface area contributed by atoms with Gasteiger partial charge in [-0.1, -0.05) is 99.1 Å². The standard InChI is InChI=1S/C43H48BNO8Si/c1-28(22-32-19-20-33(25-46)53-32)18-21-38-39-29(26-52-54(43(2,3)4,34-14-7-5-8-15-34)35-16-9-6-10-17-35)23-36-40(37(39)27-51-38)42(48)45(41(36)47)31-13-11-12-30(24-31)44(49)50/h5-17,19-20,22,24,36-38,40,46,49-50H,18,21,23,25-27H2,1-4H3/b28-22+/t36-,37+,38-,40-/m1/s1. The van der Waals surface area contributed by atoms with Gasteiger partial charge in [0.25, 0.3) is 8.32 Å². The number of imide groups is 1. The molecule has 2 aliphatic heterocycles. The van der Waals surface area contributed by atoms with E-state index < -0.39 is 27.3 Å². The fourth-order valence-electron chi connectivity index (χ4n) is 8.87. The van der Waals surface area contributed by atoms with Crippen LogP contribution < -0.4 is 20.7 Å². The summed E-state index contributed by atoms with van der Waals surface area (Å²) in [7, 11) is -4.68. The van der Waals surface area contributed by atoms with Crippen LogP contribution in [0.5, 0.6) is 0 Å². The van der Waals surface area contributed by atoms with Gasteiger partial charge in [0.05, 0.1) is 36.8 Å². The molecule has 280 valence electrons. The summed E-state index contributed by atoms with van der Waals surface area (Å²) in [6.45, 7) is 9.21. The Hall–Kier alpha value is -4.36. The monoisotopic (exact) mass is 745 g/mol. The molecule has 1 aromatic heterocycles. The molecule has 2 saturated heterocycles. The molecule has 11 heteroatoms. The van der Waals surface area contributed by atoms with E-state index in [1.807, 2.05) is 31.2 Å². The molecule has 0 saturated carbocycles. The summed E-state index contributed by atoms with van der Waals surface area (Å²) in [5, 5.41) is 31.2. The van der Waals surface area contributed by atoms with Gasteiger partial charge in [-0.25, -0.2) is 0 Å². The highest BCUT2D eigenvalue weighted by molar-refractivity contribution is 6.99. The van der Waals surface area contributed by atoms with Gasteiger partial charge < -0.3 is 28.7 Å². The maximum Gasteiger partial charge on any atom is 0.488 e. The van der Waals surface area contributed by atoms with Gasteiger partial charge >= 0.3 is 7.12 Å². The molecular weight excluding hydrogens is 697 g/mol. The van der Waals surface area contributed by atoms with Crippen molar-refractivity contribution in [2.24, 2.45) is 17.8 Å². The van der Waals surface area contributed by atoms with E-state index in [0.29, 0.717) is 49.7 Å². The van der Waals surface area contributed by atoms with E-state index >= 15 is 0 Å². The number of carbonyl (C=O) groups excluding carboxylic acids is 2. The first-order chi connectivity index (χ1) is 25.9. The van der Waals surface area contributed by atoms with Crippen LogP contribution in [0.25, 0.3) is 6.08 Å². The van der Waals surface area contributed by atoms with Gasteiger partial charge in [0.15, 0.2) is 0 Å². The number of furan rings is 1. The number of nitrogens with zero attached hydrogens (tertiary/aromatic N) is 1. The van der Waals surface area contributed by atoms with E-state index in [2.05, 4.69) is 69.3 Å². The minimum absolute atomic E-state index is 0.160. The highest BCUT2D eigenvalue weighted by Gasteiger charge is 2.58. The zero-order valence-electron chi connectivity index (χ0n) is 31.3. The average Bonchev–Trinajstić information content (AvgIpc) is 3.87. The highest BCUT2D eigenvalue weighted by Crippen LogP contribution is 2.51. The summed E-state index contributed by atoms with van der Waals surface area (Å²) in [5.74, 6) is -0.910. The van der Waals surface area contributed by atoms with Crippen molar-refractivity contribution in [1.29, 1.82) is 0 Å². The third-order valence-electron chi connectivity index (χ3n) is 11.3. The van der Waals surface area contributed by atoms with Gasteiger partial charge in [0, 0.05) is 5.92 Å². The minimum atomic E-state index is -2.95. The third kappa shape index (κ3) is 7.00. The lowest BCUT2D eigenvalue weighted by atomic mass is 9.69. The fraction of sp³-hybridized carbons (Fsp3) is 0.349. The Morgan fingerprint density at radius 3 is 2.22 bits per heavy atom. The fourth-order valence-corrected chi connectivity index (χ4v) is 13.4. The number of carbonyl (C=O) groups is 2. The Morgan fingerprint density at radius 2 is 1.61 bits per heavy atom. The molecule has 3 aliphatic rings. The minimum Gasteiger partial charge on any atom is -0.459 e. The number of aliphatic hydroxyl groups is 1. The van der Waals surface area contributed by atoms with E-state index in [4.69, 9.17) is 13.6 Å². The van der Waals surface area contributed by atoms with Crippen LogP contribution in [0.4, 0.5) is 5.69 Å². The molecule has 54 heavy (non-hydrogen) atoms. The number of benzene rings is 3. The largest absolute Gasteiger partial charge is 0.488 e. The second kappa shape index (κ2) is 15.4. The molecule has 4 atom stereocenters. The number of amides is 2. The third-order valence-corrected chi connectivity index (χ3v) is 16.3. The maximum absolute atomic E-state index is 14.3. The number of anilines is 1. The van der Waals surface area contributed by atoms with E-state index in [9.17, 15) is 24.7 Å². The Labute approximate surface area is 318 Å². The van der Waals surface area contributed by atoms with Gasteiger partial charge in [-0.05, 0) is 88.5 Å². The van der Waals surface area contributed by atoms with Gasteiger partial charge in [0.2, 0.25) is 11.8 Å². The van der Waals surface area contributed by atoms with Crippen LogP contribution in [0.2, 0.25) is 5.04 Å². The summed E-state index contributed by atoms with van der Waals surface area (Å²) in [4.78, 5) is 29.9. The molecule has 9 nitrogen and oxygen atoms in total. The van der Waals surface area contributed by atoms with E-state index in [0.717, 1.165) is 27.1 Å². The van der Waals surface area contributed by atoms with Crippen molar-refractivity contribution in [1.82, 2.24) is 0 Å². The summed E-state index contributed by atoms with van der Waals surface area (Å²) in [5.41, 5.74) is 3.69. The predicted molar refractivity (Wildman–Crippen MR) is 212 cm³/mol. The molecule has 2 amide bonds.